The maximum absolute atomic E-state index is 10.7. The third kappa shape index (κ3) is 2.44. The Balaban J connectivity index is 1.80. The summed E-state index contributed by atoms with van der Waals surface area (Å²) in [6.45, 7) is 0. The number of hydrogen-bond acceptors (Lipinski definition) is 3. The van der Waals surface area contributed by atoms with Gasteiger partial charge in [-0.2, -0.15) is 4.99 Å². The van der Waals surface area contributed by atoms with Crippen molar-refractivity contribution < 1.29 is 9.53 Å². The van der Waals surface area contributed by atoms with Gasteiger partial charge < -0.3 is 4.74 Å². The van der Waals surface area contributed by atoms with Crippen LogP contribution in [0.4, 0.5) is 0 Å². The molecule has 0 spiro atoms. The van der Waals surface area contributed by atoms with Crippen LogP contribution in [-0.4, -0.2) is 18.8 Å². The molecule has 106 valence electrons. The Morgan fingerprint density at radius 2 is 1.80 bits per heavy atom. The summed E-state index contributed by atoms with van der Waals surface area (Å²) in [5.74, 6) is 0. The molecule has 0 atom stereocenters. The standard InChI is InChI=1S/C17H21NO2/c1-20-16(10-11-16)12-14-4-6-15(7-5-14)17(18-13-19)8-2-3-9-17/h4-7H,2-3,8-12H2,1H3. The summed E-state index contributed by atoms with van der Waals surface area (Å²) in [5.41, 5.74) is 2.24. The number of carbonyl (C=O) groups excluding carboxylic acids is 1. The summed E-state index contributed by atoms with van der Waals surface area (Å²) in [5, 5.41) is 0. The number of rotatable bonds is 5. The summed E-state index contributed by atoms with van der Waals surface area (Å²) >= 11 is 0. The first-order valence-corrected chi connectivity index (χ1v) is 7.46. The third-order valence-electron chi connectivity index (χ3n) is 4.95. The molecule has 0 amide bonds. The first-order chi connectivity index (χ1) is 9.72. The van der Waals surface area contributed by atoms with Crippen molar-refractivity contribution in [3.05, 3.63) is 35.4 Å². The van der Waals surface area contributed by atoms with Gasteiger partial charge in [0.25, 0.3) is 0 Å². The highest BCUT2D eigenvalue weighted by Gasteiger charge is 2.43. The fourth-order valence-corrected chi connectivity index (χ4v) is 3.41. The molecule has 2 saturated carbocycles. The molecular formula is C17H21NO2. The Hall–Kier alpha value is -1.44. The van der Waals surface area contributed by atoms with E-state index in [1.54, 1.807) is 13.2 Å². The molecular weight excluding hydrogens is 250 g/mol. The van der Waals surface area contributed by atoms with Crippen LogP contribution in [-0.2, 0) is 21.5 Å². The van der Waals surface area contributed by atoms with Crippen molar-refractivity contribution >= 4 is 6.08 Å². The Bertz CT molecular complexity index is 518. The van der Waals surface area contributed by atoms with Crippen LogP contribution in [0.1, 0.15) is 49.7 Å². The average molecular weight is 271 g/mol. The molecule has 3 heteroatoms. The maximum Gasteiger partial charge on any atom is 0.235 e. The van der Waals surface area contributed by atoms with E-state index < -0.39 is 0 Å². The first kappa shape index (κ1) is 13.5. The lowest BCUT2D eigenvalue weighted by Gasteiger charge is -2.23. The lowest BCUT2D eigenvalue weighted by atomic mass is 9.88. The van der Waals surface area contributed by atoms with Crippen molar-refractivity contribution in [1.82, 2.24) is 0 Å². The number of hydrogen-bond donors (Lipinski definition) is 0. The summed E-state index contributed by atoms with van der Waals surface area (Å²) in [6, 6.07) is 8.59. The molecule has 0 bridgehead atoms. The molecule has 0 aromatic heterocycles. The molecule has 3 nitrogen and oxygen atoms in total. The fraction of sp³-hybridized carbons (Fsp3) is 0.588. The van der Waals surface area contributed by atoms with E-state index >= 15 is 0 Å². The number of benzene rings is 1. The summed E-state index contributed by atoms with van der Waals surface area (Å²) < 4.78 is 5.57. The highest BCUT2D eigenvalue weighted by atomic mass is 16.5. The third-order valence-corrected chi connectivity index (χ3v) is 4.95. The molecule has 2 aliphatic rings. The quantitative estimate of drug-likeness (QED) is 0.607. The van der Waals surface area contributed by atoms with E-state index in [2.05, 4.69) is 29.3 Å². The fourth-order valence-electron chi connectivity index (χ4n) is 3.41. The van der Waals surface area contributed by atoms with Crippen molar-refractivity contribution in [3.63, 3.8) is 0 Å². The minimum absolute atomic E-state index is 0.0908. The van der Waals surface area contributed by atoms with Gasteiger partial charge in [0.2, 0.25) is 6.08 Å². The highest BCUT2D eigenvalue weighted by molar-refractivity contribution is 5.39. The SMILES string of the molecule is COC1(Cc2ccc(C3(N=C=O)CCCC3)cc2)CC1. The van der Waals surface area contributed by atoms with Gasteiger partial charge in [0.05, 0.1) is 11.1 Å². The summed E-state index contributed by atoms with van der Waals surface area (Å²) in [6.07, 6.45) is 9.27. The van der Waals surface area contributed by atoms with E-state index in [-0.39, 0.29) is 11.1 Å². The van der Waals surface area contributed by atoms with Gasteiger partial charge in [-0.3, -0.25) is 0 Å². The Morgan fingerprint density at radius 1 is 1.15 bits per heavy atom. The van der Waals surface area contributed by atoms with Gasteiger partial charge in [0.15, 0.2) is 0 Å². The lowest BCUT2D eigenvalue weighted by molar-refractivity contribution is 0.0807. The van der Waals surface area contributed by atoms with Crippen molar-refractivity contribution in [3.8, 4) is 0 Å². The van der Waals surface area contributed by atoms with Crippen molar-refractivity contribution in [1.29, 1.82) is 0 Å². The van der Waals surface area contributed by atoms with Crippen LogP contribution in [0.25, 0.3) is 0 Å². The minimum atomic E-state index is -0.307. The van der Waals surface area contributed by atoms with E-state index in [0.717, 1.165) is 50.5 Å². The van der Waals surface area contributed by atoms with Crippen LogP contribution >= 0.6 is 0 Å². The van der Waals surface area contributed by atoms with Gasteiger partial charge in [-0.05, 0) is 36.8 Å². The van der Waals surface area contributed by atoms with Crippen LogP contribution in [0, 0.1) is 0 Å². The largest absolute Gasteiger partial charge is 0.378 e. The monoisotopic (exact) mass is 271 g/mol. The van der Waals surface area contributed by atoms with Crippen LogP contribution in [0.15, 0.2) is 29.3 Å². The molecule has 2 fully saturated rings. The van der Waals surface area contributed by atoms with Crippen LogP contribution in [0.2, 0.25) is 0 Å². The van der Waals surface area contributed by atoms with Crippen LogP contribution in [0.5, 0.6) is 0 Å². The Labute approximate surface area is 120 Å². The molecule has 2 aliphatic carbocycles. The molecule has 0 unspecified atom stereocenters. The molecule has 0 saturated heterocycles. The number of aliphatic imine (C=N–C) groups is 1. The molecule has 20 heavy (non-hydrogen) atoms. The van der Waals surface area contributed by atoms with Gasteiger partial charge in [0, 0.05) is 13.5 Å². The zero-order chi connectivity index (χ0) is 14.1. The maximum atomic E-state index is 10.7. The average Bonchev–Trinajstić information content (AvgIpc) is 3.08. The predicted octanol–water partition coefficient (Wildman–Crippen LogP) is 3.51. The molecule has 1 aromatic rings. The number of ether oxygens (including phenoxy) is 1. The zero-order valence-corrected chi connectivity index (χ0v) is 12.0. The van der Waals surface area contributed by atoms with E-state index in [0.29, 0.717) is 0 Å². The smallest absolute Gasteiger partial charge is 0.235 e. The first-order valence-electron chi connectivity index (χ1n) is 7.46. The number of methoxy groups -OCH3 is 1. The second-order valence-electron chi connectivity index (χ2n) is 6.20. The van der Waals surface area contributed by atoms with Crippen molar-refractivity contribution in [2.24, 2.45) is 4.99 Å². The van der Waals surface area contributed by atoms with Gasteiger partial charge in [-0.1, -0.05) is 37.1 Å². The van der Waals surface area contributed by atoms with Crippen molar-refractivity contribution in [2.45, 2.75) is 56.1 Å². The second kappa shape index (κ2) is 5.16. The molecule has 0 heterocycles. The minimum Gasteiger partial charge on any atom is -0.378 e. The molecule has 1 aromatic carbocycles. The van der Waals surface area contributed by atoms with Crippen molar-refractivity contribution in [2.75, 3.05) is 7.11 Å². The number of isocyanates is 1. The highest BCUT2D eigenvalue weighted by Crippen LogP contribution is 2.44. The summed E-state index contributed by atoms with van der Waals surface area (Å²) in [4.78, 5) is 14.9. The second-order valence-corrected chi connectivity index (χ2v) is 6.20. The lowest BCUT2D eigenvalue weighted by Crippen LogP contribution is -2.19. The van der Waals surface area contributed by atoms with Gasteiger partial charge in [-0.25, -0.2) is 4.79 Å². The topological polar surface area (TPSA) is 38.7 Å². The van der Waals surface area contributed by atoms with Crippen LogP contribution < -0.4 is 0 Å². The number of nitrogens with zero attached hydrogens (tertiary/aromatic N) is 1. The Kier molecular flexibility index (Phi) is 3.49. The molecule has 0 aliphatic heterocycles. The zero-order valence-electron chi connectivity index (χ0n) is 12.0. The van der Waals surface area contributed by atoms with E-state index in [1.165, 1.54) is 5.56 Å². The van der Waals surface area contributed by atoms with Gasteiger partial charge in [-0.15, -0.1) is 0 Å². The normalized spacial score (nSPS) is 22.2. The van der Waals surface area contributed by atoms with Gasteiger partial charge >= 0.3 is 0 Å². The van der Waals surface area contributed by atoms with E-state index in [1.807, 2.05) is 0 Å². The predicted molar refractivity (Wildman–Crippen MR) is 77.4 cm³/mol. The van der Waals surface area contributed by atoms with E-state index in [9.17, 15) is 4.79 Å². The molecule has 0 N–H and O–H groups in total. The molecule has 0 radical (unpaired) electrons. The van der Waals surface area contributed by atoms with Gasteiger partial charge in [0.1, 0.15) is 0 Å². The molecule has 3 rings (SSSR count). The van der Waals surface area contributed by atoms with Crippen LogP contribution in [0.3, 0.4) is 0 Å². The Morgan fingerprint density at radius 3 is 2.30 bits per heavy atom. The summed E-state index contributed by atoms with van der Waals surface area (Å²) in [7, 11) is 1.80. The van der Waals surface area contributed by atoms with E-state index in [4.69, 9.17) is 4.74 Å².